The van der Waals surface area contributed by atoms with Gasteiger partial charge >= 0.3 is 0 Å². The van der Waals surface area contributed by atoms with Crippen molar-refractivity contribution in [2.24, 2.45) is 40.4 Å². The second kappa shape index (κ2) is 8.54. The highest BCUT2D eigenvalue weighted by Crippen LogP contribution is 2.67. The molecule has 0 spiro atoms. The van der Waals surface area contributed by atoms with Crippen molar-refractivity contribution in [1.29, 1.82) is 0 Å². The zero-order chi connectivity index (χ0) is 23.5. The summed E-state index contributed by atoms with van der Waals surface area (Å²) in [6.07, 6.45) is 12.1. The van der Waals surface area contributed by atoms with Gasteiger partial charge in [-0.05, 0) is 93.3 Å². The molecule has 4 rings (SSSR count). The van der Waals surface area contributed by atoms with Gasteiger partial charge in [0, 0.05) is 11.8 Å². The van der Waals surface area contributed by atoms with Crippen LogP contribution >= 0.6 is 0 Å². The van der Waals surface area contributed by atoms with Gasteiger partial charge in [0.2, 0.25) is 0 Å². The van der Waals surface area contributed by atoms with E-state index in [2.05, 4.69) is 47.6 Å². The topological polar surface area (TPSA) is 60.7 Å². The lowest BCUT2D eigenvalue weighted by Crippen LogP contribution is -2.65. The Bertz CT molecular complexity index is 768. The second-order valence-electron chi connectivity index (χ2n) is 12.7. The summed E-state index contributed by atoms with van der Waals surface area (Å²) in [5.74, 6) is 2.95. The van der Waals surface area contributed by atoms with E-state index in [4.69, 9.17) is 0 Å². The van der Waals surface area contributed by atoms with Gasteiger partial charge in [0.25, 0.3) is 0 Å². The zero-order valence-corrected chi connectivity index (χ0v) is 21.4. The van der Waals surface area contributed by atoms with Gasteiger partial charge in [-0.1, -0.05) is 57.9 Å². The quantitative estimate of drug-likeness (QED) is 0.454. The molecule has 9 atom stereocenters. The highest BCUT2D eigenvalue weighted by atomic mass is 16.3. The Morgan fingerprint density at radius 1 is 1.06 bits per heavy atom. The van der Waals surface area contributed by atoms with E-state index >= 15 is 0 Å². The molecule has 3 unspecified atom stereocenters. The van der Waals surface area contributed by atoms with Gasteiger partial charge in [0.15, 0.2) is 0 Å². The van der Waals surface area contributed by atoms with Gasteiger partial charge in [-0.25, -0.2) is 0 Å². The van der Waals surface area contributed by atoms with Crippen LogP contribution < -0.4 is 0 Å². The molecule has 0 aromatic rings. The Hall–Kier alpha value is -0.640. The molecule has 4 aliphatic rings. The molecule has 0 aromatic carbocycles. The van der Waals surface area contributed by atoms with Crippen LogP contribution in [-0.4, -0.2) is 33.1 Å². The van der Waals surface area contributed by atoms with Gasteiger partial charge in [0.1, 0.15) is 11.7 Å². The minimum absolute atomic E-state index is 0.301. The predicted molar refractivity (Wildman–Crippen MR) is 131 cm³/mol. The Kier molecular flexibility index (Phi) is 6.53. The normalized spacial score (nSPS) is 47.5. The van der Waals surface area contributed by atoms with Crippen molar-refractivity contribution in [2.45, 2.75) is 117 Å². The molecule has 0 radical (unpaired) electrons. The lowest BCUT2D eigenvalue weighted by molar-refractivity contribution is -0.210. The first-order chi connectivity index (χ1) is 15.0. The molecular formula is C29H48O3. The van der Waals surface area contributed by atoms with Gasteiger partial charge in [-0.2, -0.15) is 0 Å². The van der Waals surface area contributed by atoms with Gasteiger partial charge in [-0.15, -0.1) is 0 Å². The molecule has 0 aliphatic heterocycles. The summed E-state index contributed by atoms with van der Waals surface area (Å²) < 4.78 is 0. The van der Waals surface area contributed by atoms with Crippen LogP contribution in [0.2, 0.25) is 0 Å². The minimum atomic E-state index is -1.20. The average molecular weight is 445 g/mol. The Balaban J connectivity index is 1.57. The monoisotopic (exact) mass is 444 g/mol. The van der Waals surface area contributed by atoms with Crippen LogP contribution in [0.15, 0.2) is 23.3 Å². The van der Waals surface area contributed by atoms with Crippen molar-refractivity contribution in [1.82, 2.24) is 0 Å². The second-order valence-corrected chi connectivity index (χ2v) is 12.7. The molecule has 182 valence electrons. The van der Waals surface area contributed by atoms with E-state index in [1.807, 2.05) is 6.08 Å². The molecule has 3 fully saturated rings. The maximum atomic E-state index is 11.6. The molecule has 3 saturated carbocycles. The maximum absolute atomic E-state index is 11.6. The Labute approximate surface area is 196 Å². The van der Waals surface area contributed by atoms with Crippen LogP contribution in [0.1, 0.15) is 99.3 Å². The van der Waals surface area contributed by atoms with Gasteiger partial charge < -0.3 is 15.3 Å². The summed E-state index contributed by atoms with van der Waals surface area (Å²) in [6, 6.07) is 0. The summed E-state index contributed by atoms with van der Waals surface area (Å²) in [6.45, 7) is 14.0. The average Bonchev–Trinajstić information content (AvgIpc) is 3.08. The molecule has 0 saturated heterocycles. The lowest BCUT2D eigenvalue weighted by Gasteiger charge is -2.62. The summed E-state index contributed by atoms with van der Waals surface area (Å²) in [5, 5.41) is 33.0. The predicted octanol–water partition coefficient (Wildman–Crippen LogP) is 6.03. The number of aliphatic hydroxyl groups is 3. The van der Waals surface area contributed by atoms with Crippen LogP contribution in [0.3, 0.4) is 0 Å². The Morgan fingerprint density at radius 3 is 2.44 bits per heavy atom. The number of rotatable bonds is 5. The molecule has 4 aliphatic carbocycles. The van der Waals surface area contributed by atoms with Crippen molar-refractivity contribution >= 4 is 0 Å². The van der Waals surface area contributed by atoms with Crippen LogP contribution in [-0.2, 0) is 0 Å². The van der Waals surface area contributed by atoms with E-state index in [9.17, 15) is 15.3 Å². The molecule has 0 aromatic heterocycles. The first kappa shape index (κ1) is 24.5. The van der Waals surface area contributed by atoms with E-state index < -0.39 is 17.8 Å². The summed E-state index contributed by atoms with van der Waals surface area (Å²) in [5.41, 5.74) is 1.80. The van der Waals surface area contributed by atoms with Crippen molar-refractivity contribution in [3.05, 3.63) is 23.3 Å². The minimum Gasteiger partial charge on any atom is -0.393 e. The van der Waals surface area contributed by atoms with Gasteiger partial charge in [0.05, 0.1) is 6.10 Å². The van der Waals surface area contributed by atoms with E-state index in [0.717, 1.165) is 25.2 Å². The number of hydrogen-bond acceptors (Lipinski definition) is 3. The SMILES string of the molecule is C/C=C(\CC[C@@H](C)C1CCC2C3=C[C@@H](O)[C@@]4(O)C[C@@H](O)CC[C@]4(C)C3CC[C@@]21C)C(C)C. The van der Waals surface area contributed by atoms with Crippen molar-refractivity contribution in [3.63, 3.8) is 0 Å². The fourth-order valence-electron chi connectivity index (χ4n) is 8.88. The molecule has 3 nitrogen and oxygen atoms in total. The maximum Gasteiger partial charge on any atom is 0.102 e. The van der Waals surface area contributed by atoms with Crippen molar-refractivity contribution in [3.8, 4) is 0 Å². The van der Waals surface area contributed by atoms with Crippen LogP contribution in [0, 0.1) is 40.4 Å². The summed E-state index contributed by atoms with van der Waals surface area (Å²) in [7, 11) is 0. The molecule has 0 heterocycles. The van der Waals surface area contributed by atoms with E-state index in [-0.39, 0.29) is 5.41 Å². The zero-order valence-electron chi connectivity index (χ0n) is 21.4. The Morgan fingerprint density at radius 2 is 1.78 bits per heavy atom. The van der Waals surface area contributed by atoms with E-state index in [1.165, 1.54) is 37.7 Å². The standard InChI is InChI=1S/C29H48O3/c1-7-20(18(2)3)9-8-19(4)23-10-11-24-22-16-26(31)29(32)17-21(30)12-15-28(29,6)25(22)13-14-27(23,24)5/h7,16,18-19,21,23-26,30-32H,8-15,17H2,1-6H3/b20-7+/t19-,21+,23?,24?,25?,26-,27-,28-,29+/m1/s1. The number of hydrogen-bond donors (Lipinski definition) is 3. The van der Waals surface area contributed by atoms with Crippen LogP contribution in [0.4, 0.5) is 0 Å². The third-order valence-electron chi connectivity index (χ3n) is 11.0. The smallest absolute Gasteiger partial charge is 0.102 e. The molecule has 0 bridgehead atoms. The number of fused-ring (bicyclic) bond motifs is 5. The lowest BCUT2D eigenvalue weighted by atomic mass is 9.45. The largest absolute Gasteiger partial charge is 0.393 e. The fraction of sp³-hybridized carbons (Fsp3) is 0.862. The summed E-state index contributed by atoms with van der Waals surface area (Å²) >= 11 is 0. The third kappa shape index (κ3) is 3.57. The molecule has 32 heavy (non-hydrogen) atoms. The number of aliphatic hydroxyl groups excluding tert-OH is 2. The third-order valence-corrected chi connectivity index (χ3v) is 11.0. The van der Waals surface area contributed by atoms with Gasteiger partial charge in [-0.3, -0.25) is 0 Å². The van der Waals surface area contributed by atoms with Crippen molar-refractivity contribution in [2.75, 3.05) is 0 Å². The fourth-order valence-corrected chi connectivity index (χ4v) is 8.88. The summed E-state index contributed by atoms with van der Waals surface area (Å²) in [4.78, 5) is 0. The first-order valence-electron chi connectivity index (χ1n) is 13.4. The first-order valence-corrected chi connectivity index (χ1v) is 13.4. The van der Waals surface area contributed by atoms with Crippen molar-refractivity contribution < 1.29 is 15.3 Å². The highest BCUT2D eigenvalue weighted by Gasteiger charge is 2.64. The molecule has 3 N–H and O–H groups in total. The van der Waals surface area contributed by atoms with E-state index in [1.54, 1.807) is 5.57 Å². The number of allylic oxidation sites excluding steroid dienone is 3. The highest BCUT2D eigenvalue weighted by molar-refractivity contribution is 5.33. The van der Waals surface area contributed by atoms with Crippen LogP contribution in [0.25, 0.3) is 0 Å². The molecular weight excluding hydrogens is 396 g/mol. The van der Waals surface area contributed by atoms with E-state index in [0.29, 0.717) is 35.5 Å². The van der Waals surface area contributed by atoms with Crippen LogP contribution in [0.5, 0.6) is 0 Å². The molecule has 0 amide bonds. The molecule has 3 heteroatoms.